The highest BCUT2D eigenvalue weighted by Crippen LogP contribution is 2.45. The molecule has 4 heteroatoms. The van der Waals surface area contributed by atoms with Gasteiger partial charge in [0.25, 0.3) is 0 Å². The van der Waals surface area contributed by atoms with Crippen molar-refractivity contribution in [1.82, 2.24) is 4.90 Å². The van der Waals surface area contributed by atoms with E-state index in [0.29, 0.717) is 0 Å². The fourth-order valence-electron chi connectivity index (χ4n) is 4.91. The first-order chi connectivity index (χ1) is 14.6. The van der Waals surface area contributed by atoms with Crippen LogP contribution in [-0.2, 0) is 19.3 Å². The van der Waals surface area contributed by atoms with Crippen molar-refractivity contribution < 1.29 is 4.79 Å². The summed E-state index contributed by atoms with van der Waals surface area (Å²) in [7, 11) is 0. The summed E-state index contributed by atoms with van der Waals surface area (Å²) < 4.78 is 0. The summed E-state index contributed by atoms with van der Waals surface area (Å²) >= 11 is 1.95. The molecule has 30 heavy (non-hydrogen) atoms. The van der Waals surface area contributed by atoms with Gasteiger partial charge < -0.3 is 10.2 Å². The minimum atomic E-state index is -0.00502. The van der Waals surface area contributed by atoms with Gasteiger partial charge in [0.1, 0.15) is 0 Å². The SMILES string of the molecule is Cc1cccc(NC(=O)N2CCc3c(sc4c3CCCC4)C2c2ccccc2)c1C. The van der Waals surface area contributed by atoms with Crippen LogP contribution in [0.1, 0.15) is 56.5 Å². The molecule has 1 aliphatic carbocycles. The van der Waals surface area contributed by atoms with Gasteiger partial charge in [0.05, 0.1) is 6.04 Å². The molecule has 2 aromatic carbocycles. The second-order valence-electron chi connectivity index (χ2n) is 8.49. The number of carbonyl (C=O) groups excluding carboxylic acids is 1. The van der Waals surface area contributed by atoms with Gasteiger partial charge in [-0.05, 0) is 79.8 Å². The summed E-state index contributed by atoms with van der Waals surface area (Å²) in [5.41, 5.74) is 7.55. The Kier molecular flexibility index (Phi) is 5.11. The third kappa shape index (κ3) is 3.33. The molecule has 3 aromatic rings. The van der Waals surface area contributed by atoms with E-state index in [9.17, 15) is 4.79 Å². The highest BCUT2D eigenvalue weighted by Gasteiger charge is 2.36. The number of nitrogens with one attached hydrogen (secondary N) is 1. The number of aryl methyl sites for hydroxylation is 2. The van der Waals surface area contributed by atoms with Crippen molar-refractivity contribution in [2.24, 2.45) is 0 Å². The number of fused-ring (bicyclic) bond motifs is 3. The summed E-state index contributed by atoms with van der Waals surface area (Å²) in [4.78, 5) is 18.5. The average Bonchev–Trinajstić information content (AvgIpc) is 3.15. The molecule has 1 aliphatic heterocycles. The van der Waals surface area contributed by atoms with Crippen molar-refractivity contribution in [1.29, 1.82) is 0 Å². The van der Waals surface area contributed by atoms with Crippen molar-refractivity contribution in [2.45, 2.75) is 52.0 Å². The highest BCUT2D eigenvalue weighted by molar-refractivity contribution is 7.12. The minimum Gasteiger partial charge on any atom is -0.312 e. The number of thiophene rings is 1. The van der Waals surface area contributed by atoms with Crippen LogP contribution in [0.4, 0.5) is 10.5 Å². The van der Waals surface area contributed by atoms with Crippen LogP contribution in [0.3, 0.4) is 0 Å². The van der Waals surface area contributed by atoms with Crippen molar-refractivity contribution >= 4 is 23.1 Å². The standard InChI is InChI=1S/C26H28N2OS/c1-17-9-8-13-22(18(17)2)27-26(29)28-16-15-21-20-12-6-7-14-23(20)30-25(21)24(28)19-10-4-3-5-11-19/h3-5,8-11,13,24H,6-7,12,14-16H2,1-2H3,(H,27,29). The molecule has 0 bridgehead atoms. The van der Waals surface area contributed by atoms with E-state index in [4.69, 9.17) is 0 Å². The molecular weight excluding hydrogens is 388 g/mol. The average molecular weight is 417 g/mol. The molecule has 2 aliphatic rings. The van der Waals surface area contributed by atoms with Gasteiger partial charge >= 0.3 is 6.03 Å². The zero-order valence-corrected chi connectivity index (χ0v) is 18.5. The Morgan fingerprint density at radius 1 is 0.967 bits per heavy atom. The minimum absolute atomic E-state index is 0.00401. The highest BCUT2D eigenvalue weighted by atomic mass is 32.1. The van der Waals surface area contributed by atoms with Crippen molar-refractivity contribution in [2.75, 3.05) is 11.9 Å². The number of nitrogens with zero attached hydrogens (tertiary/aromatic N) is 1. The fraction of sp³-hybridized carbons (Fsp3) is 0.346. The van der Waals surface area contributed by atoms with Gasteiger partial charge in [-0.2, -0.15) is 0 Å². The Morgan fingerprint density at radius 3 is 2.60 bits per heavy atom. The Bertz CT molecular complexity index is 1090. The molecule has 0 saturated carbocycles. The van der Waals surface area contributed by atoms with Crippen molar-refractivity contribution in [3.63, 3.8) is 0 Å². The molecule has 5 rings (SSSR count). The maximum absolute atomic E-state index is 13.5. The molecular formula is C26H28N2OS. The zero-order valence-electron chi connectivity index (χ0n) is 17.7. The molecule has 1 aromatic heterocycles. The van der Waals surface area contributed by atoms with Crippen LogP contribution in [-0.4, -0.2) is 17.5 Å². The van der Waals surface area contributed by atoms with Gasteiger partial charge in [-0.3, -0.25) is 0 Å². The van der Waals surface area contributed by atoms with E-state index in [1.165, 1.54) is 47.3 Å². The van der Waals surface area contributed by atoms with Gasteiger partial charge in [-0.15, -0.1) is 11.3 Å². The van der Waals surface area contributed by atoms with E-state index >= 15 is 0 Å². The number of hydrogen-bond acceptors (Lipinski definition) is 2. The quantitative estimate of drug-likeness (QED) is 0.513. The largest absolute Gasteiger partial charge is 0.322 e. The smallest absolute Gasteiger partial charge is 0.312 e. The van der Waals surface area contributed by atoms with Gasteiger partial charge in [0, 0.05) is 22.0 Å². The molecule has 0 saturated heterocycles. The molecule has 0 radical (unpaired) electrons. The summed E-state index contributed by atoms with van der Waals surface area (Å²) in [6, 6.07) is 16.6. The molecule has 1 unspecified atom stereocenters. The Hall–Kier alpha value is -2.59. The monoisotopic (exact) mass is 416 g/mol. The Labute approximate surface area is 182 Å². The maximum atomic E-state index is 13.5. The summed E-state index contributed by atoms with van der Waals surface area (Å²) in [5.74, 6) is 0. The molecule has 2 heterocycles. The summed E-state index contributed by atoms with van der Waals surface area (Å²) in [6.45, 7) is 4.91. The third-order valence-electron chi connectivity index (χ3n) is 6.70. The van der Waals surface area contributed by atoms with Crippen LogP contribution >= 0.6 is 11.3 Å². The topological polar surface area (TPSA) is 32.3 Å². The van der Waals surface area contributed by atoms with Crippen molar-refractivity contribution in [3.05, 3.63) is 86.1 Å². The predicted molar refractivity (Wildman–Crippen MR) is 125 cm³/mol. The van der Waals surface area contributed by atoms with Crippen molar-refractivity contribution in [3.8, 4) is 0 Å². The number of urea groups is 1. The number of benzene rings is 2. The first kappa shape index (κ1) is 19.4. The van der Waals surface area contributed by atoms with Gasteiger partial charge in [-0.25, -0.2) is 4.79 Å². The molecule has 1 N–H and O–H groups in total. The fourth-order valence-corrected chi connectivity index (χ4v) is 6.49. The molecule has 1 atom stereocenters. The van der Waals surface area contributed by atoms with E-state index < -0.39 is 0 Å². The normalized spacial score (nSPS) is 17.9. The lowest BCUT2D eigenvalue weighted by Crippen LogP contribution is -2.42. The second-order valence-corrected chi connectivity index (χ2v) is 9.62. The lowest BCUT2D eigenvalue weighted by molar-refractivity contribution is 0.195. The molecule has 0 fully saturated rings. The van der Waals surface area contributed by atoms with Gasteiger partial charge in [0.2, 0.25) is 0 Å². The van der Waals surface area contributed by atoms with Crippen LogP contribution in [0.25, 0.3) is 0 Å². The lowest BCUT2D eigenvalue weighted by atomic mass is 9.88. The number of rotatable bonds is 2. The van der Waals surface area contributed by atoms with Crippen LogP contribution in [0.5, 0.6) is 0 Å². The predicted octanol–water partition coefficient (Wildman–Crippen LogP) is 6.42. The first-order valence-corrected chi connectivity index (χ1v) is 11.8. The van der Waals surface area contributed by atoms with Gasteiger partial charge in [-0.1, -0.05) is 42.5 Å². The van der Waals surface area contributed by atoms with E-state index in [-0.39, 0.29) is 12.1 Å². The molecule has 2 amide bonds. The Morgan fingerprint density at radius 2 is 1.77 bits per heavy atom. The second kappa shape index (κ2) is 7.92. The number of hydrogen-bond donors (Lipinski definition) is 1. The lowest BCUT2D eigenvalue weighted by Gasteiger charge is -2.36. The van der Waals surface area contributed by atoms with Gasteiger partial charge in [0.15, 0.2) is 0 Å². The van der Waals surface area contributed by atoms with Crippen LogP contribution in [0.15, 0.2) is 48.5 Å². The third-order valence-corrected chi connectivity index (χ3v) is 8.08. The summed E-state index contributed by atoms with van der Waals surface area (Å²) in [6.07, 6.45) is 5.95. The van der Waals surface area contributed by atoms with E-state index in [0.717, 1.165) is 24.2 Å². The first-order valence-electron chi connectivity index (χ1n) is 11.0. The Balaban J connectivity index is 1.54. The van der Waals surface area contributed by atoms with Crippen LogP contribution < -0.4 is 5.32 Å². The van der Waals surface area contributed by atoms with E-state index in [2.05, 4.69) is 49.5 Å². The molecule has 154 valence electrons. The molecule has 3 nitrogen and oxygen atoms in total. The van der Waals surface area contributed by atoms with E-state index in [1.54, 1.807) is 10.4 Å². The summed E-state index contributed by atoms with van der Waals surface area (Å²) in [5, 5.41) is 3.20. The zero-order chi connectivity index (χ0) is 20.7. The maximum Gasteiger partial charge on any atom is 0.322 e. The van der Waals surface area contributed by atoms with E-state index in [1.807, 2.05) is 34.4 Å². The van der Waals surface area contributed by atoms with Crippen LogP contribution in [0, 0.1) is 13.8 Å². The number of carbonyl (C=O) groups is 1. The number of anilines is 1. The number of amides is 2. The van der Waals surface area contributed by atoms with Crippen LogP contribution in [0.2, 0.25) is 0 Å². The molecule has 0 spiro atoms.